The van der Waals surface area contributed by atoms with E-state index in [0.29, 0.717) is 13.1 Å². The van der Waals surface area contributed by atoms with Crippen molar-refractivity contribution in [3.8, 4) is 0 Å². The average molecular weight is 266 g/mol. The van der Waals surface area contributed by atoms with Crippen LogP contribution >= 0.6 is 0 Å². The van der Waals surface area contributed by atoms with Gasteiger partial charge in [-0.1, -0.05) is 10.2 Å². The Balaban J connectivity index is 1.96. The van der Waals surface area contributed by atoms with E-state index in [-0.39, 0.29) is 12.2 Å². The minimum Gasteiger partial charge on any atom is -0.347 e. The van der Waals surface area contributed by atoms with Crippen molar-refractivity contribution >= 4 is 0 Å². The quantitative estimate of drug-likeness (QED) is 0.440. The van der Waals surface area contributed by atoms with Crippen LogP contribution in [0.4, 0.5) is 0 Å². The Morgan fingerprint density at radius 3 is 1.84 bits per heavy atom. The summed E-state index contributed by atoms with van der Waals surface area (Å²) >= 11 is 0. The monoisotopic (exact) mass is 266 g/mol. The van der Waals surface area contributed by atoms with Crippen molar-refractivity contribution in [2.24, 2.45) is 10.2 Å². The topological polar surface area (TPSA) is 116 Å². The fraction of sp³-hybridized carbons (Fsp3) is 1.00. The lowest BCUT2D eigenvalue weighted by Crippen LogP contribution is -2.49. The predicted molar refractivity (Wildman–Crippen MR) is 68.2 cm³/mol. The second-order valence-corrected chi connectivity index (χ2v) is 5.00. The van der Waals surface area contributed by atoms with E-state index < -0.39 is 5.79 Å². The fourth-order valence-corrected chi connectivity index (χ4v) is 2.82. The highest BCUT2D eigenvalue weighted by Crippen LogP contribution is 2.39. The maximum Gasteiger partial charge on any atom is 0.169 e. The molecule has 2 saturated heterocycles. The van der Waals surface area contributed by atoms with Crippen LogP contribution in [0.2, 0.25) is 0 Å². The van der Waals surface area contributed by atoms with Gasteiger partial charge in [-0.25, -0.2) is 0 Å². The lowest BCUT2D eigenvalue weighted by atomic mass is 9.93. The zero-order valence-electron chi connectivity index (χ0n) is 10.8. The van der Waals surface area contributed by atoms with Crippen molar-refractivity contribution in [1.29, 1.82) is 0 Å². The van der Waals surface area contributed by atoms with Gasteiger partial charge in [-0.15, -0.1) is 0 Å². The van der Waals surface area contributed by atoms with Crippen molar-refractivity contribution in [3.05, 3.63) is 20.9 Å². The first kappa shape index (κ1) is 14.0. The lowest BCUT2D eigenvalue weighted by molar-refractivity contribution is -0.311. The number of rotatable bonds is 4. The van der Waals surface area contributed by atoms with Crippen LogP contribution in [0.1, 0.15) is 38.5 Å². The average Bonchev–Trinajstić information content (AvgIpc) is 2.43. The molecule has 8 heteroatoms. The fourth-order valence-electron chi connectivity index (χ4n) is 2.82. The summed E-state index contributed by atoms with van der Waals surface area (Å²) in [6.45, 7) is 0.700. The molecular weight excluding hydrogens is 248 g/mol. The highest BCUT2D eigenvalue weighted by molar-refractivity contribution is 4.85. The molecule has 0 aromatic carbocycles. The summed E-state index contributed by atoms with van der Waals surface area (Å²) in [5, 5.41) is 7.15. The van der Waals surface area contributed by atoms with Gasteiger partial charge >= 0.3 is 0 Å². The summed E-state index contributed by atoms with van der Waals surface area (Å²) in [6.07, 6.45) is 5.36. The molecule has 0 bridgehead atoms. The molecular formula is C11H18N6O2. The van der Waals surface area contributed by atoms with Crippen LogP contribution in [-0.2, 0) is 9.47 Å². The van der Waals surface area contributed by atoms with E-state index in [1.165, 1.54) is 0 Å². The third kappa shape index (κ3) is 3.75. The zero-order chi connectivity index (χ0) is 13.6. The first-order valence-electron chi connectivity index (χ1n) is 6.65. The minimum atomic E-state index is -0.568. The normalized spacial score (nSPS) is 34.3. The molecule has 2 aliphatic rings. The van der Waals surface area contributed by atoms with Gasteiger partial charge in [-0.2, -0.15) is 0 Å². The maximum absolute atomic E-state index is 8.36. The van der Waals surface area contributed by atoms with Crippen molar-refractivity contribution in [2.75, 3.05) is 13.1 Å². The van der Waals surface area contributed by atoms with Crippen LogP contribution in [0.15, 0.2) is 10.2 Å². The molecule has 19 heavy (non-hydrogen) atoms. The van der Waals surface area contributed by atoms with Gasteiger partial charge < -0.3 is 9.47 Å². The first-order valence-corrected chi connectivity index (χ1v) is 6.65. The van der Waals surface area contributed by atoms with Gasteiger partial charge in [0, 0.05) is 22.7 Å². The van der Waals surface area contributed by atoms with E-state index in [2.05, 4.69) is 20.1 Å². The number of nitrogens with zero attached hydrogens (tertiary/aromatic N) is 6. The molecule has 1 unspecified atom stereocenters. The highest BCUT2D eigenvalue weighted by atomic mass is 16.7. The Kier molecular flexibility index (Phi) is 4.87. The maximum atomic E-state index is 8.36. The number of hydrogen-bond acceptors (Lipinski definition) is 4. The van der Waals surface area contributed by atoms with Crippen molar-refractivity contribution < 1.29 is 9.47 Å². The molecule has 2 rings (SSSR count). The Labute approximate surface area is 111 Å². The Hall–Kier alpha value is -1.46. The molecule has 1 spiro atoms. The van der Waals surface area contributed by atoms with Crippen LogP contribution < -0.4 is 0 Å². The van der Waals surface area contributed by atoms with Gasteiger partial charge in [0.25, 0.3) is 0 Å². The van der Waals surface area contributed by atoms with E-state index in [9.17, 15) is 0 Å². The van der Waals surface area contributed by atoms with Gasteiger partial charge in [0.1, 0.15) is 0 Å². The molecule has 0 N–H and O–H groups in total. The molecule has 2 fully saturated rings. The summed E-state index contributed by atoms with van der Waals surface area (Å²) in [5.74, 6) is -0.568. The summed E-state index contributed by atoms with van der Waals surface area (Å²) in [6, 6.07) is 0. The molecule has 0 amide bonds. The van der Waals surface area contributed by atoms with E-state index in [1.54, 1.807) is 0 Å². The lowest BCUT2D eigenvalue weighted by Gasteiger charge is -2.45. The molecule has 0 aromatic rings. The highest BCUT2D eigenvalue weighted by Gasteiger charge is 2.42. The Bertz CT molecular complexity index is 364. The molecule has 0 radical (unpaired) electrons. The van der Waals surface area contributed by atoms with Gasteiger partial charge in [-0.3, -0.25) is 0 Å². The van der Waals surface area contributed by atoms with Crippen LogP contribution in [0.25, 0.3) is 20.9 Å². The second-order valence-electron chi connectivity index (χ2n) is 5.00. The third-order valence-corrected chi connectivity index (χ3v) is 3.63. The van der Waals surface area contributed by atoms with Crippen LogP contribution in [0.3, 0.4) is 0 Å². The standard InChI is InChI=1S/C11H18N6O2/c12-16-14-7-9-3-1-5-11(18-9)6-2-4-10(19-11)8-15-17-13/h9-10H,1-8H2/t9-,10+,11?. The predicted octanol–water partition coefficient (Wildman–Crippen LogP) is 3.44. The van der Waals surface area contributed by atoms with Gasteiger partial charge in [0.2, 0.25) is 0 Å². The van der Waals surface area contributed by atoms with Gasteiger partial charge in [0.15, 0.2) is 5.79 Å². The first-order chi connectivity index (χ1) is 9.28. The largest absolute Gasteiger partial charge is 0.347 e. The smallest absolute Gasteiger partial charge is 0.169 e. The zero-order valence-corrected chi connectivity index (χ0v) is 10.8. The minimum absolute atomic E-state index is 0.0668. The van der Waals surface area contributed by atoms with E-state index in [1.807, 2.05) is 0 Å². The number of hydrogen-bond donors (Lipinski definition) is 0. The Morgan fingerprint density at radius 1 is 0.947 bits per heavy atom. The van der Waals surface area contributed by atoms with E-state index in [0.717, 1.165) is 38.5 Å². The SMILES string of the molecule is [N-]=[N+]=NC[C@H]1CCCC2(CCC[C@@H](CN=[N+]=[N-])O2)O1. The van der Waals surface area contributed by atoms with Crippen LogP contribution in [0.5, 0.6) is 0 Å². The van der Waals surface area contributed by atoms with Crippen molar-refractivity contribution in [3.63, 3.8) is 0 Å². The summed E-state index contributed by atoms with van der Waals surface area (Å²) in [7, 11) is 0. The summed E-state index contributed by atoms with van der Waals surface area (Å²) in [4.78, 5) is 5.54. The summed E-state index contributed by atoms with van der Waals surface area (Å²) in [5.41, 5.74) is 16.7. The molecule has 0 saturated carbocycles. The van der Waals surface area contributed by atoms with Gasteiger partial charge in [-0.05, 0) is 36.7 Å². The molecule has 2 aliphatic heterocycles. The third-order valence-electron chi connectivity index (χ3n) is 3.63. The molecule has 104 valence electrons. The number of ether oxygens (including phenoxy) is 2. The van der Waals surface area contributed by atoms with E-state index >= 15 is 0 Å². The van der Waals surface area contributed by atoms with Crippen molar-refractivity contribution in [1.82, 2.24) is 0 Å². The van der Waals surface area contributed by atoms with Crippen LogP contribution in [-0.4, -0.2) is 31.1 Å². The second kappa shape index (κ2) is 6.63. The molecule has 8 nitrogen and oxygen atoms in total. The molecule has 3 atom stereocenters. The van der Waals surface area contributed by atoms with Crippen molar-refractivity contribution in [2.45, 2.75) is 56.5 Å². The Morgan fingerprint density at radius 2 is 1.42 bits per heavy atom. The van der Waals surface area contributed by atoms with Crippen LogP contribution in [0, 0.1) is 0 Å². The summed E-state index contributed by atoms with van der Waals surface area (Å²) < 4.78 is 12.0. The molecule has 0 aromatic heterocycles. The van der Waals surface area contributed by atoms with Gasteiger partial charge in [0.05, 0.1) is 25.3 Å². The number of azide groups is 2. The van der Waals surface area contributed by atoms with E-state index in [4.69, 9.17) is 20.5 Å². The molecule has 0 aliphatic carbocycles. The molecule has 2 heterocycles.